The van der Waals surface area contributed by atoms with Crippen LogP contribution in [-0.4, -0.2) is 5.78 Å². The van der Waals surface area contributed by atoms with Crippen molar-refractivity contribution in [3.8, 4) is 0 Å². The molecule has 0 aliphatic heterocycles. The van der Waals surface area contributed by atoms with Crippen LogP contribution in [0.2, 0.25) is 0 Å². The van der Waals surface area contributed by atoms with Crippen LogP contribution in [-0.2, 0) is 11.2 Å². The third-order valence-electron chi connectivity index (χ3n) is 2.87. The van der Waals surface area contributed by atoms with Crippen LogP contribution in [0.15, 0.2) is 24.3 Å². The van der Waals surface area contributed by atoms with Crippen LogP contribution in [0, 0.1) is 11.7 Å². The molecular formula is C13H15FO. The van der Waals surface area contributed by atoms with Crippen molar-refractivity contribution < 1.29 is 9.18 Å². The Hall–Kier alpha value is -1.18. The summed E-state index contributed by atoms with van der Waals surface area (Å²) in [6.07, 6.45) is 4.39. The molecular weight excluding hydrogens is 191 g/mol. The molecule has 0 amide bonds. The normalized spacial score (nSPS) is 15.3. The van der Waals surface area contributed by atoms with Gasteiger partial charge in [-0.05, 0) is 24.0 Å². The van der Waals surface area contributed by atoms with Crippen molar-refractivity contribution in [1.29, 1.82) is 0 Å². The minimum Gasteiger partial charge on any atom is -0.299 e. The molecule has 0 aromatic heterocycles. The maximum Gasteiger partial charge on any atom is 0.137 e. The molecule has 0 bridgehead atoms. The molecule has 0 saturated heterocycles. The Morgan fingerprint density at radius 2 is 2.07 bits per heavy atom. The van der Waals surface area contributed by atoms with E-state index in [0.717, 1.165) is 12.3 Å². The van der Waals surface area contributed by atoms with Crippen molar-refractivity contribution in [1.82, 2.24) is 0 Å². The number of halogens is 1. The van der Waals surface area contributed by atoms with Crippen LogP contribution in [0.5, 0.6) is 0 Å². The van der Waals surface area contributed by atoms with Crippen molar-refractivity contribution in [2.24, 2.45) is 5.92 Å². The molecule has 1 aliphatic rings. The Balaban J connectivity index is 1.84. The SMILES string of the molecule is O=C(CCC1CC1)Cc1ccccc1F. The summed E-state index contributed by atoms with van der Waals surface area (Å²) in [6.45, 7) is 0. The van der Waals surface area contributed by atoms with Crippen LogP contribution < -0.4 is 0 Å². The molecule has 0 atom stereocenters. The summed E-state index contributed by atoms with van der Waals surface area (Å²) in [5, 5.41) is 0. The van der Waals surface area contributed by atoms with Gasteiger partial charge in [-0.25, -0.2) is 4.39 Å². The first-order chi connectivity index (χ1) is 7.25. The van der Waals surface area contributed by atoms with Gasteiger partial charge < -0.3 is 0 Å². The van der Waals surface area contributed by atoms with Gasteiger partial charge in [0.2, 0.25) is 0 Å². The lowest BCUT2D eigenvalue weighted by molar-refractivity contribution is -0.118. The summed E-state index contributed by atoms with van der Waals surface area (Å²) in [7, 11) is 0. The second kappa shape index (κ2) is 4.56. The zero-order valence-corrected chi connectivity index (χ0v) is 8.71. The van der Waals surface area contributed by atoms with E-state index in [9.17, 15) is 9.18 Å². The van der Waals surface area contributed by atoms with E-state index in [1.807, 2.05) is 0 Å². The average molecular weight is 206 g/mol. The fourth-order valence-electron chi connectivity index (χ4n) is 1.71. The maximum absolute atomic E-state index is 13.2. The van der Waals surface area contributed by atoms with E-state index in [2.05, 4.69) is 0 Å². The van der Waals surface area contributed by atoms with Gasteiger partial charge in [0.15, 0.2) is 0 Å². The highest BCUT2D eigenvalue weighted by atomic mass is 19.1. The minimum atomic E-state index is -0.266. The Morgan fingerprint density at radius 3 is 2.73 bits per heavy atom. The lowest BCUT2D eigenvalue weighted by atomic mass is 10.0. The fourth-order valence-corrected chi connectivity index (χ4v) is 1.71. The van der Waals surface area contributed by atoms with E-state index in [1.165, 1.54) is 18.9 Å². The highest BCUT2D eigenvalue weighted by Gasteiger charge is 2.21. The van der Waals surface area contributed by atoms with Crippen molar-refractivity contribution in [3.05, 3.63) is 35.6 Å². The van der Waals surface area contributed by atoms with Crippen LogP contribution in [0.1, 0.15) is 31.2 Å². The van der Waals surface area contributed by atoms with Crippen molar-refractivity contribution in [2.45, 2.75) is 32.1 Å². The molecule has 80 valence electrons. The number of hydrogen-bond acceptors (Lipinski definition) is 1. The molecule has 1 nitrogen and oxygen atoms in total. The topological polar surface area (TPSA) is 17.1 Å². The van der Waals surface area contributed by atoms with E-state index in [-0.39, 0.29) is 18.0 Å². The zero-order valence-electron chi connectivity index (χ0n) is 8.71. The summed E-state index contributed by atoms with van der Waals surface area (Å²) in [5.74, 6) is 0.666. The van der Waals surface area contributed by atoms with Gasteiger partial charge in [0, 0.05) is 12.8 Å². The predicted octanol–water partition coefficient (Wildman–Crippen LogP) is 3.13. The number of ketones is 1. The molecule has 15 heavy (non-hydrogen) atoms. The highest BCUT2D eigenvalue weighted by molar-refractivity contribution is 5.80. The molecule has 0 radical (unpaired) electrons. The van der Waals surface area contributed by atoms with Gasteiger partial charge in [-0.15, -0.1) is 0 Å². The van der Waals surface area contributed by atoms with E-state index in [4.69, 9.17) is 0 Å². The standard InChI is InChI=1S/C13H15FO/c14-13-4-2-1-3-11(13)9-12(15)8-7-10-5-6-10/h1-4,10H,5-9H2. The van der Waals surface area contributed by atoms with Crippen LogP contribution in [0.25, 0.3) is 0 Å². The Bertz CT molecular complexity index is 355. The lowest BCUT2D eigenvalue weighted by Crippen LogP contribution is -2.04. The number of carbonyl (C=O) groups is 1. The Kier molecular flexibility index (Phi) is 3.14. The number of rotatable bonds is 5. The molecule has 1 saturated carbocycles. The summed E-state index contributed by atoms with van der Waals surface area (Å²) < 4.78 is 13.2. The van der Waals surface area contributed by atoms with Gasteiger partial charge in [0.05, 0.1) is 0 Å². The third kappa shape index (κ3) is 3.15. The maximum atomic E-state index is 13.2. The Morgan fingerprint density at radius 1 is 1.33 bits per heavy atom. The third-order valence-corrected chi connectivity index (χ3v) is 2.87. The number of benzene rings is 1. The van der Waals surface area contributed by atoms with Crippen LogP contribution >= 0.6 is 0 Å². The van der Waals surface area contributed by atoms with Crippen molar-refractivity contribution in [3.63, 3.8) is 0 Å². The molecule has 0 heterocycles. The van der Waals surface area contributed by atoms with Gasteiger partial charge in [0.1, 0.15) is 11.6 Å². The molecule has 1 aromatic carbocycles. The largest absolute Gasteiger partial charge is 0.299 e. The second-order valence-electron chi connectivity index (χ2n) is 4.29. The molecule has 1 fully saturated rings. The fraction of sp³-hybridized carbons (Fsp3) is 0.462. The van der Waals surface area contributed by atoms with Gasteiger partial charge in [-0.1, -0.05) is 31.0 Å². The number of hydrogen-bond donors (Lipinski definition) is 0. The monoisotopic (exact) mass is 206 g/mol. The Labute approximate surface area is 89.3 Å². The second-order valence-corrected chi connectivity index (χ2v) is 4.29. The van der Waals surface area contributed by atoms with E-state index in [1.54, 1.807) is 18.2 Å². The van der Waals surface area contributed by atoms with Gasteiger partial charge in [-0.3, -0.25) is 4.79 Å². The number of carbonyl (C=O) groups excluding carboxylic acids is 1. The molecule has 1 aromatic rings. The summed E-state index contributed by atoms with van der Waals surface area (Å²) in [4.78, 5) is 11.5. The predicted molar refractivity (Wildman–Crippen MR) is 57.1 cm³/mol. The molecule has 2 rings (SSSR count). The lowest BCUT2D eigenvalue weighted by Gasteiger charge is -2.01. The van der Waals surface area contributed by atoms with Crippen LogP contribution in [0.3, 0.4) is 0 Å². The first kappa shape index (κ1) is 10.3. The molecule has 0 spiro atoms. The van der Waals surface area contributed by atoms with Crippen molar-refractivity contribution in [2.75, 3.05) is 0 Å². The first-order valence-electron chi connectivity index (χ1n) is 5.51. The van der Waals surface area contributed by atoms with E-state index < -0.39 is 0 Å². The van der Waals surface area contributed by atoms with E-state index in [0.29, 0.717) is 12.0 Å². The quantitative estimate of drug-likeness (QED) is 0.723. The number of Topliss-reactive ketones (excluding diaryl/α,β-unsaturated/α-hetero) is 1. The van der Waals surface area contributed by atoms with Crippen molar-refractivity contribution >= 4 is 5.78 Å². The van der Waals surface area contributed by atoms with Gasteiger partial charge in [0.25, 0.3) is 0 Å². The molecule has 1 aliphatic carbocycles. The highest BCUT2D eigenvalue weighted by Crippen LogP contribution is 2.33. The minimum absolute atomic E-state index is 0.159. The van der Waals surface area contributed by atoms with Gasteiger partial charge >= 0.3 is 0 Å². The van der Waals surface area contributed by atoms with E-state index >= 15 is 0 Å². The summed E-state index contributed by atoms with van der Waals surface area (Å²) in [6, 6.07) is 6.51. The molecule has 0 N–H and O–H groups in total. The van der Waals surface area contributed by atoms with Gasteiger partial charge in [-0.2, -0.15) is 0 Å². The molecule has 2 heteroatoms. The smallest absolute Gasteiger partial charge is 0.137 e. The summed E-state index contributed by atoms with van der Waals surface area (Å²) in [5.41, 5.74) is 0.526. The zero-order chi connectivity index (χ0) is 10.7. The average Bonchev–Trinajstić information content (AvgIpc) is 3.02. The van der Waals surface area contributed by atoms with Crippen LogP contribution in [0.4, 0.5) is 4.39 Å². The summed E-state index contributed by atoms with van der Waals surface area (Å²) >= 11 is 0. The first-order valence-corrected chi connectivity index (χ1v) is 5.51. The molecule has 0 unspecified atom stereocenters.